The van der Waals surface area contributed by atoms with Crippen LogP contribution in [0.15, 0.2) is 30.3 Å². The van der Waals surface area contributed by atoms with Gasteiger partial charge >= 0.3 is 0 Å². The van der Waals surface area contributed by atoms with Crippen molar-refractivity contribution >= 4 is 22.3 Å². The molecule has 0 radical (unpaired) electrons. The molecule has 1 aliphatic rings. The molecule has 3 aromatic rings. The summed E-state index contributed by atoms with van der Waals surface area (Å²) in [7, 11) is 1.96. The summed E-state index contributed by atoms with van der Waals surface area (Å²) in [4.78, 5) is 11.3. The molecule has 1 atom stereocenters. The lowest BCUT2D eigenvalue weighted by Gasteiger charge is -2.32. The maximum absolute atomic E-state index is 4.46. The van der Waals surface area contributed by atoms with Crippen LogP contribution in [0, 0.1) is 5.92 Å². The van der Waals surface area contributed by atoms with Crippen molar-refractivity contribution in [3.63, 3.8) is 0 Å². The van der Waals surface area contributed by atoms with Gasteiger partial charge in [-0.1, -0.05) is 11.3 Å². The quantitative estimate of drug-likeness (QED) is 0.712. The number of aryl methyl sites for hydroxylation is 1. The van der Waals surface area contributed by atoms with Gasteiger partial charge in [0.25, 0.3) is 0 Å². The fourth-order valence-electron chi connectivity index (χ4n) is 3.48. The van der Waals surface area contributed by atoms with Gasteiger partial charge < -0.3 is 5.32 Å². The van der Waals surface area contributed by atoms with Crippen molar-refractivity contribution in [2.24, 2.45) is 13.0 Å². The molecule has 3 aromatic heterocycles. The van der Waals surface area contributed by atoms with E-state index in [9.17, 15) is 0 Å². The summed E-state index contributed by atoms with van der Waals surface area (Å²) in [6, 6.07) is 2.02. The number of rotatable bonds is 6. The normalized spacial score (nSPS) is 18.1. The van der Waals surface area contributed by atoms with Crippen LogP contribution in [0.5, 0.6) is 0 Å². The first-order chi connectivity index (χ1) is 12.7. The van der Waals surface area contributed by atoms with Crippen molar-refractivity contribution < 1.29 is 0 Å². The standard InChI is InChI=1S/C17H22N8S/c1-24-8-14(7-21-24)10-25-4-2-3-13(9-25)5-15-6-16(19-11-18-15)22-17-23-20-12-26-17/h6-8,11-13H,2-5,9-10H2,1H3,(H,18,19,22,23)/t13-/m0/s1. The number of hydrogen-bond donors (Lipinski definition) is 1. The average Bonchev–Trinajstić information content (AvgIpc) is 3.27. The predicted octanol–water partition coefficient (Wildman–Crippen LogP) is 2.26. The minimum atomic E-state index is 0.615. The van der Waals surface area contributed by atoms with Crippen LogP contribution in [0.2, 0.25) is 0 Å². The van der Waals surface area contributed by atoms with Crippen LogP contribution in [0.1, 0.15) is 24.1 Å². The van der Waals surface area contributed by atoms with E-state index in [1.54, 1.807) is 11.8 Å². The largest absolute Gasteiger partial charge is 0.315 e. The second kappa shape index (κ2) is 7.88. The zero-order valence-corrected chi connectivity index (χ0v) is 15.6. The molecule has 26 heavy (non-hydrogen) atoms. The van der Waals surface area contributed by atoms with Gasteiger partial charge in [0.2, 0.25) is 5.13 Å². The first-order valence-corrected chi connectivity index (χ1v) is 9.66. The lowest BCUT2D eigenvalue weighted by molar-refractivity contribution is 0.166. The molecule has 0 aliphatic carbocycles. The second-order valence-corrected chi connectivity index (χ2v) is 7.57. The van der Waals surface area contributed by atoms with Gasteiger partial charge in [0.1, 0.15) is 17.7 Å². The van der Waals surface area contributed by atoms with E-state index in [-0.39, 0.29) is 0 Å². The fourth-order valence-corrected chi connectivity index (χ4v) is 3.94. The van der Waals surface area contributed by atoms with Crippen molar-refractivity contribution in [1.82, 2.24) is 34.8 Å². The Morgan fingerprint density at radius 2 is 2.31 bits per heavy atom. The van der Waals surface area contributed by atoms with E-state index in [1.807, 2.05) is 24.0 Å². The van der Waals surface area contributed by atoms with Crippen LogP contribution in [-0.2, 0) is 20.0 Å². The zero-order chi connectivity index (χ0) is 17.8. The van der Waals surface area contributed by atoms with Crippen molar-refractivity contribution in [2.75, 3.05) is 18.4 Å². The predicted molar refractivity (Wildman–Crippen MR) is 100 cm³/mol. The van der Waals surface area contributed by atoms with Gasteiger partial charge in [-0.25, -0.2) is 9.97 Å². The molecule has 0 bridgehead atoms. The monoisotopic (exact) mass is 370 g/mol. The number of likely N-dealkylation sites (tertiary alicyclic amines) is 1. The fraction of sp³-hybridized carbons (Fsp3) is 0.471. The van der Waals surface area contributed by atoms with Gasteiger partial charge in [-0.3, -0.25) is 9.58 Å². The van der Waals surface area contributed by atoms with Crippen LogP contribution in [0.25, 0.3) is 0 Å². The molecular weight excluding hydrogens is 348 g/mol. The number of piperidine rings is 1. The van der Waals surface area contributed by atoms with Crippen molar-refractivity contribution in [3.05, 3.63) is 41.6 Å². The van der Waals surface area contributed by atoms with Crippen LogP contribution in [0.4, 0.5) is 10.9 Å². The average molecular weight is 370 g/mol. The van der Waals surface area contributed by atoms with E-state index in [1.165, 1.54) is 29.7 Å². The Hall–Kier alpha value is -2.39. The second-order valence-electron chi connectivity index (χ2n) is 6.73. The number of aromatic nitrogens is 6. The van der Waals surface area contributed by atoms with Gasteiger partial charge in [0.15, 0.2) is 0 Å². The van der Waals surface area contributed by atoms with Crippen LogP contribution < -0.4 is 5.32 Å². The maximum Gasteiger partial charge on any atom is 0.210 e. The number of nitrogens with one attached hydrogen (secondary N) is 1. The third-order valence-corrected chi connectivity index (χ3v) is 5.19. The van der Waals surface area contributed by atoms with Gasteiger partial charge in [-0.2, -0.15) is 5.10 Å². The van der Waals surface area contributed by atoms with E-state index < -0.39 is 0 Å². The van der Waals surface area contributed by atoms with Crippen LogP contribution in [-0.4, -0.2) is 47.9 Å². The maximum atomic E-state index is 4.46. The molecule has 1 saturated heterocycles. The van der Waals surface area contributed by atoms with Crippen LogP contribution in [0.3, 0.4) is 0 Å². The molecule has 0 unspecified atom stereocenters. The highest BCUT2D eigenvalue weighted by Crippen LogP contribution is 2.23. The molecule has 8 nitrogen and oxygen atoms in total. The molecule has 4 heterocycles. The van der Waals surface area contributed by atoms with E-state index in [0.717, 1.165) is 42.7 Å². The van der Waals surface area contributed by atoms with E-state index >= 15 is 0 Å². The molecule has 1 aliphatic heterocycles. The highest BCUT2D eigenvalue weighted by atomic mass is 32.1. The Bertz CT molecular complexity index is 831. The summed E-state index contributed by atoms with van der Waals surface area (Å²) in [6.45, 7) is 3.22. The molecule has 4 rings (SSSR count). The number of nitrogens with zero attached hydrogens (tertiary/aromatic N) is 7. The van der Waals surface area contributed by atoms with Crippen molar-refractivity contribution in [1.29, 1.82) is 0 Å². The number of anilines is 2. The SMILES string of the molecule is Cn1cc(CN2CCC[C@@H](Cc3cc(Nc4nncs4)ncn3)C2)cn1. The Kier molecular flexibility index (Phi) is 5.16. The highest BCUT2D eigenvalue weighted by Gasteiger charge is 2.21. The Balaban J connectivity index is 1.35. The lowest BCUT2D eigenvalue weighted by Crippen LogP contribution is -2.35. The third-order valence-electron chi connectivity index (χ3n) is 4.58. The van der Waals surface area contributed by atoms with Gasteiger partial charge in [-0.05, 0) is 31.7 Å². The molecule has 9 heteroatoms. The van der Waals surface area contributed by atoms with Crippen molar-refractivity contribution in [2.45, 2.75) is 25.8 Å². The first-order valence-electron chi connectivity index (χ1n) is 8.78. The molecule has 0 aromatic carbocycles. The molecule has 0 spiro atoms. The number of hydrogen-bond acceptors (Lipinski definition) is 8. The van der Waals surface area contributed by atoms with Crippen LogP contribution >= 0.6 is 11.3 Å². The highest BCUT2D eigenvalue weighted by molar-refractivity contribution is 7.13. The van der Waals surface area contributed by atoms with Gasteiger partial charge in [0.05, 0.1) is 6.20 Å². The van der Waals surface area contributed by atoms with E-state index in [2.05, 4.69) is 41.7 Å². The molecule has 1 N–H and O–H groups in total. The smallest absolute Gasteiger partial charge is 0.210 e. The summed E-state index contributed by atoms with van der Waals surface area (Å²) in [6.07, 6.45) is 9.11. The topological polar surface area (TPSA) is 84.7 Å². The van der Waals surface area contributed by atoms with Gasteiger partial charge in [0, 0.05) is 43.7 Å². The molecular formula is C17H22N8S. The first kappa shape index (κ1) is 17.0. The Morgan fingerprint density at radius 3 is 3.12 bits per heavy atom. The molecule has 136 valence electrons. The van der Waals surface area contributed by atoms with Gasteiger partial charge in [-0.15, -0.1) is 10.2 Å². The zero-order valence-electron chi connectivity index (χ0n) is 14.7. The summed E-state index contributed by atoms with van der Waals surface area (Å²) in [5.41, 5.74) is 4.04. The molecule has 0 saturated carbocycles. The molecule has 1 fully saturated rings. The summed E-state index contributed by atoms with van der Waals surface area (Å²) < 4.78 is 1.87. The van der Waals surface area contributed by atoms with Crippen molar-refractivity contribution in [3.8, 4) is 0 Å². The summed E-state index contributed by atoms with van der Waals surface area (Å²) >= 11 is 1.45. The summed E-state index contributed by atoms with van der Waals surface area (Å²) in [5, 5.41) is 16.0. The lowest BCUT2D eigenvalue weighted by atomic mass is 9.93. The minimum Gasteiger partial charge on any atom is -0.315 e. The third kappa shape index (κ3) is 4.41. The van der Waals surface area contributed by atoms with E-state index in [4.69, 9.17) is 0 Å². The minimum absolute atomic E-state index is 0.615. The summed E-state index contributed by atoms with van der Waals surface area (Å²) in [5.74, 6) is 1.39. The molecule has 0 amide bonds. The Morgan fingerprint density at radius 1 is 1.35 bits per heavy atom. The Labute approximate surface area is 156 Å². The van der Waals surface area contributed by atoms with E-state index in [0.29, 0.717) is 5.92 Å².